The average Bonchev–Trinajstić information content (AvgIpc) is 3.32. The van der Waals surface area contributed by atoms with E-state index in [1.807, 2.05) is 64.4 Å². The van der Waals surface area contributed by atoms with Crippen molar-refractivity contribution in [1.29, 1.82) is 0 Å². The number of nitrogens with zero attached hydrogens (tertiary/aromatic N) is 3. The molecule has 2 aliphatic heterocycles. The zero-order valence-corrected chi connectivity index (χ0v) is 18.4. The molecule has 0 aromatic carbocycles. The largest absolute Gasteiger partial charge is 0.352 e. The van der Waals surface area contributed by atoms with Crippen LogP contribution in [0.5, 0.6) is 0 Å². The summed E-state index contributed by atoms with van der Waals surface area (Å²) in [6.07, 6.45) is 11.1. The Labute approximate surface area is 176 Å². The molecule has 1 aliphatic carbocycles. The predicted octanol–water partition coefficient (Wildman–Crippen LogP) is 4.54. The van der Waals surface area contributed by atoms with Gasteiger partial charge < -0.3 is 10.2 Å². The summed E-state index contributed by atoms with van der Waals surface area (Å²) in [4.78, 5) is 23.0. The van der Waals surface area contributed by atoms with E-state index < -0.39 is 0 Å². The maximum Gasteiger partial charge on any atom is 0.152 e. The summed E-state index contributed by atoms with van der Waals surface area (Å²) in [6, 6.07) is 6.94. The van der Waals surface area contributed by atoms with Crippen LogP contribution in [0.15, 0.2) is 46.9 Å². The van der Waals surface area contributed by atoms with E-state index in [2.05, 4.69) is 26.1 Å². The van der Waals surface area contributed by atoms with Gasteiger partial charge in [-0.1, -0.05) is 39.8 Å². The molecule has 1 aromatic heterocycles. The number of aliphatic imine (C=N–C) groups is 1. The SMILES string of the molecule is CC.CC.O=C=C(C1=CCC=N1)N(Cc1ccccn1)C1CCC2CC1CCN2. The summed E-state index contributed by atoms with van der Waals surface area (Å²) in [7, 11) is 0. The lowest BCUT2D eigenvalue weighted by molar-refractivity contribution is 0.0886. The van der Waals surface area contributed by atoms with Crippen LogP contribution in [0.4, 0.5) is 0 Å². The van der Waals surface area contributed by atoms with Crippen LogP contribution in [0.2, 0.25) is 0 Å². The molecule has 3 atom stereocenters. The van der Waals surface area contributed by atoms with Gasteiger partial charge in [-0.15, -0.1) is 0 Å². The fourth-order valence-corrected chi connectivity index (χ4v) is 4.44. The van der Waals surface area contributed by atoms with Gasteiger partial charge in [0.05, 0.1) is 17.9 Å². The lowest BCUT2D eigenvalue weighted by Gasteiger charge is -2.46. The molecular weight excluding hydrogens is 360 g/mol. The Hall–Kier alpha value is -2.23. The summed E-state index contributed by atoms with van der Waals surface area (Å²) < 4.78 is 0. The van der Waals surface area contributed by atoms with E-state index >= 15 is 0 Å². The van der Waals surface area contributed by atoms with E-state index in [0.29, 0.717) is 30.2 Å². The summed E-state index contributed by atoms with van der Waals surface area (Å²) in [5.74, 6) is 2.81. The second-order valence-corrected chi connectivity index (χ2v) is 7.12. The number of pyridine rings is 1. The molecule has 3 unspecified atom stereocenters. The Morgan fingerprint density at radius 1 is 1.21 bits per heavy atom. The van der Waals surface area contributed by atoms with Crippen molar-refractivity contribution in [3.05, 3.63) is 47.6 Å². The van der Waals surface area contributed by atoms with Crippen molar-refractivity contribution in [3.8, 4) is 0 Å². The van der Waals surface area contributed by atoms with Crippen LogP contribution < -0.4 is 5.32 Å². The van der Waals surface area contributed by atoms with Crippen LogP contribution in [0.3, 0.4) is 0 Å². The van der Waals surface area contributed by atoms with Gasteiger partial charge in [0.15, 0.2) is 5.94 Å². The molecule has 29 heavy (non-hydrogen) atoms. The number of carbonyl (C=O) groups excluding carboxylic acids is 1. The van der Waals surface area contributed by atoms with Crippen LogP contribution in [0.25, 0.3) is 0 Å². The maximum absolute atomic E-state index is 11.9. The van der Waals surface area contributed by atoms with E-state index in [0.717, 1.165) is 43.6 Å². The van der Waals surface area contributed by atoms with Gasteiger partial charge in [0, 0.05) is 30.9 Å². The molecule has 2 bridgehead atoms. The van der Waals surface area contributed by atoms with E-state index in [1.54, 1.807) is 0 Å². The van der Waals surface area contributed by atoms with Gasteiger partial charge in [-0.2, -0.15) is 0 Å². The molecule has 5 heteroatoms. The summed E-state index contributed by atoms with van der Waals surface area (Å²) >= 11 is 0. The smallest absolute Gasteiger partial charge is 0.152 e. The average molecular weight is 397 g/mol. The van der Waals surface area contributed by atoms with E-state index in [4.69, 9.17) is 0 Å². The molecule has 0 amide bonds. The van der Waals surface area contributed by atoms with Gasteiger partial charge in [-0.05, 0) is 50.3 Å². The highest BCUT2D eigenvalue weighted by atomic mass is 16.1. The maximum atomic E-state index is 11.9. The van der Waals surface area contributed by atoms with Gasteiger partial charge >= 0.3 is 0 Å². The van der Waals surface area contributed by atoms with Crippen LogP contribution in [-0.4, -0.2) is 40.7 Å². The second kappa shape index (κ2) is 12.4. The Morgan fingerprint density at radius 2 is 2.03 bits per heavy atom. The fourth-order valence-electron chi connectivity index (χ4n) is 4.44. The van der Waals surface area contributed by atoms with Crippen LogP contribution in [0.1, 0.15) is 65.5 Å². The van der Waals surface area contributed by atoms with Crippen LogP contribution in [-0.2, 0) is 11.3 Å². The van der Waals surface area contributed by atoms with Crippen molar-refractivity contribution in [3.63, 3.8) is 0 Å². The van der Waals surface area contributed by atoms with Gasteiger partial charge in [0.1, 0.15) is 5.70 Å². The first-order valence-corrected chi connectivity index (χ1v) is 11.2. The van der Waals surface area contributed by atoms with Gasteiger partial charge in [-0.3, -0.25) is 9.98 Å². The molecule has 2 fully saturated rings. The number of aromatic nitrogens is 1. The molecule has 158 valence electrons. The first-order valence-electron chi connectivity index (χ1n) is 11.2. The quantitative estimate of drug-likeness (QED) is 0.743. The van der Waals surface area contributed by atoms with Crippen LogP contribution >= 0.6 is 0 Å². The third-order valence-electron chi connectivity index (χ3n) is 5.62. The number of nitrogens with one attached hydrogen (secondary N) is 1. The van der Waals surface area contributed by atoms with E-state index in [1.165, 1.54) is 6.42 Å². The minimum Gasteiger partial charge on any atom is -0.352 e. The van der Waals surface area contributed by atoms with E-state index in [9.17, 15) is 4.79 Å². The van der Waals surface area contributed by atoms with Gasteiger partial charge in [0.2, 0.25) is 0 Å². The van der Waals surface area contributed by atoms with Crippen molar-refractivity contribution in [2.75, 3.05) is 6.54 Å². The molecule has 1 aromatic rings. The molecule has 4 rings (SSSR count). The number of allylic oxidation sites excluding steroid dienone is 1. The first-order chi connectivity index (χ1) is 14.3. The highest BCUT2D eigenvalue weighted by Crippen LogP contribution is 2.37. The Bertz CT molecular complexity index is 722. The summed E-state index contributed by atoms with van der Waals surface area (Å²) in [5.41, 5.74) is 2.34. The number of hydrogen-bond acceptors (Lipinski definition) is 5. The molecule has 1 saturated heterocycles. The molecule has 1 saturated carbocycles. The van der Waals surface area contributed by atoms with Crippen molar-refractivity contribution in [1.82, 2.24) is 15.2 Å². The normalized spacial score (nSPS) is 24.1. The number of hydrogen-bond donors (Lipinski definition) is 1. The van der Waals surface area contributed by atoms with Crippen molar-refractivity contribution >= 4 is 12.2 Å². The monoisotopic (exact) mass is 396 g/mol. The standard InChI is InChI=1S/C20H24N4O.2C2H6/c25-14-20(18-5-3-10-23-18)24(13-17-4-1-2-9-21-17)19-7-6-16-12-15(19)8-11-22-16;2*1-2/h1-2,4-5,9-10,15-16,19,22H,3,6-8,11-13H2;2*1-2H3. The van der Waals surface area contributed by atoms with Gasteiger partial charge in [-0.25, -0.2) is 4.79 Å². The minimum atomic E-state index is 0.355. The second-order valence-electron chi connectivity index (χ2n) is 7.12. The lowest BCUT2D eigenvalue weighted by atomic mass is 9.76. The van der Waals surface area contributed by atoms with Gasteiger partial charge in [0.25, 0.3) is 0 Å². The number of rotatable bonds is 5. The molecule has 0 spiro atoms. The molecule has 5 nitrogen and oxygen atoms in total. The molecule has 3 aliphatic rings. The highest BCUT2D eigenvalue weighted by molar-refractivity contribution is 5.71. The Morgan fingerprint density at radius 3 is 2.69 bits per heavy atom. The lowest BCUT2D eigenvalue weighted by Crippen LogP contribution is -2.51. The summed E-state index contributed by atoms with van der Waals surface area (Å²) in [5, 5.41) is 3.61. The number of fused-ring (bicyclic) bond motifs is 2. The molecular formula is C24H36N4O. The predicted molar refractivity (Wildman–Crippen MR) is 120 cm³/mol. The zero-order chi connectivity index (χ0) is 21.1. The molecule has 3 heterocycles. The van der Waals surface area contributed by atoms with Crippen LogP contribution in [0, 0.1) is 5.92 Å². The minimum absolute atomic E-state index is 0.355. The first kappa shape index (κ1) is 23.1. The highest BCUT2D eigenvalue weighted by Gasteiger charge is 2.38. The third kappa shape index (κ3) is 5.88. The van der Waals surface area contributed by atoms with Crippen molar-refractivity contribution in [2.45, 2.75) is 78.4 Å². The zero-order valence-electron chi connectivity index (χ0n) is 18.4. The Kier molecular flexibility index (Phi) is 9.82. The third-order valence-corrected chi connectivity index (χ3v) is 5.62. The summed E-state index contributed by atoms with van der Waals surface area (Å²) in [6.45, 7) is 9.71. The molecule has 0 radical (unpaired) electrons. The van der Waals surface area contributed by atoms with Crippen molar-refractivity contribution < 1.29 is 4.79 Å². The topological polar surface area (TPSA) is 57.6 Å². The van der Waals surface area contributed by atoms with E-state index in [-0.39, 0.29) is 0 Å². The Balaban J connectivity index is 0.000000707. The number of piperidine rings is 1. The molecule has 1 N–H and O–H groups in total. The van der Waals surface area contributed by atoms with Crippen molar-refractivity contribution in [2.24, 2.45) is 10.9 Å². The fraction of sp³-hybridized carbons (Fsp3) is 0.583.